The molecule has 1 amide bonds. The molecule has 0 spiro atoms. The monoisotopic (exact) mass is 322 g/mol. The van der Waals surface area contributed by atoms with Gasteiger partial charge in [0.1, 0.15) is 0 Å². The molecule has 1 aromatic carbocycles. The minimum atomic E-state index is 0. The number of rotatable bonds is 2. The van der Waals surface area contributed by atoms with Crippen LogP contribution in [0, 0.1) is 19.8 Å². The summed E-state index contributed by atoms with van der Waals surface area (Å²) in [6.45, 7) is 7.08. The molecule has 1 N–H and O–H groups in total. The Hall–Kier alpha value is -1.06. The van der Waals surface area contributed by atoms with E-state index in [9.17, 15) is 4.79 Å². The van der Waals surface area contributed by atoms with E-state index in [1.165, 1.54) is 19.4 Å². The van der Waals surface area contributed by atoms with E-state index in [1.54, 1.807) is 0 Å². The molecule has 1 unspecified atom stereocenters. The van der Waals surface area contributed by atoms with Crippen molar-refractivity contribution in [1.82, 2.24) is 10.2 Å². The van der Waals surface area contributed by atoms with Crippen LogP contribution < -0.4 is 5.32 Å². The van der Waals surface area contributed by atoms with Crippen LogP contribution in [0.2, 0.25) is 0 Å². The van der Waals surface area contributed by atoms with Crippen LogP contribution in [-0.4, -0.2) is 36.5 Å². The predicted octanol–water partition coefficient (Wildman–Crippen LogP) is 3.33. The number of carbonyl (C=O) groups is 1. The smallest absolute Gasteiger partial charge is 0.254 e. The zero-order valence-electron chi connectivity index (χ0n) is 13.6. The predicted molar refractivity (Wildman–Crippen MR) is 92.8 cm³/mol. The highest BCUT2D eigenvalue weighted by Gasteiger charge is 2.30. The first-order chi connectivity index (χ1) is 10.1. The Labute approximate surface area is 139 Å². The minimum Gasteiger partial charge on any atom is -0.339 e. The fourth-order valence-electron chi connectivity index (χ4n) is 3.76. The number of aryl methyl sites for hydroxylation is 2. The van der Waals surface area contributed by atoms with E-state index in [2.05, 4.69) is 17.4 Å². The molecule has 4 heteroatoms. The first kappa shape index (κ1) is 17.3. The van der Waals surface area contributed by atoms with Gasteiger partial charge in [0.15, 0.2) is 0 Å². The number of likely N-dealkylation sites (tertiary alicyclic amines) is 1. The molecule has 0 bridgehead atoms. The molecule has 22 heavy (non-hydrogen) atoms. The van der Waals surface area contributed by atoms with Gasteiger partial charge in [-0.2, -0.15) is 0 Å². The van der Waals surface area contributed by atoms with Gasteiger partial charge in [-0.25, -0.2) is 0 Å². The third-order valence-corrected chi connectivity index (χ3v) is 5.12. The summed E-state index contributed by atoms with van der Waals surface area (Å²) in [4.78, 5) is 14.8. The number of piperidine rings is 1. The Balaban J connectivity index is 0.00000176. The number of nitrogens with one attached hydrogen (secondary N) is 1. The fourth-order valence-corrected chi connectivity index (χ4v) is 3.76. The van der Waals surface area contributed by atoms with E-state index in [0.29, 0.717) is 6.04 Å². The summed E-state index contributed by atoms with van der Waals surface area (Å²) in [5.41, 5.74) is 3.13. The summed E-state index contributed by atoms with van der Waals surface area (Å²) in [6, 6.07) is 6.85. The fraction of sp³-hybridized carbons (Fsp3) is 0.611. The summed E-state index contributed by atoms with van der Waals surface area (Å²) in [5.74, 6) is 0.976. The standard InChI is InChI=1S/C18H26N2O.ClH/c1-13-5-6-14(2)16(12-13)18(21)20-10-7-15(8-11-20)17-4-3-9-19-17;/h5-6,12,15,17,19H,3-4,7-11H2,1-2H3;1H. The van der Waals surface area contributed by atoms with Gasteiger partial charge in [-0.05, 0) is 63.6 Å². The summed E-state index contributed by atoms with van der Waals surface area (Å²) in [7, 11) is 0. The van der Waals surface area contributed by atoms with Crippen LogP contribution in [0.5, 0.6) is 0 Å². The zero-order chi connectivity index (χ0) is 14.8. The topological polar surface area (TPSA) is 32.3 Å². The number of hydrogen-bond acceptors (Lipinski definition) is 2. The van der Waals surface area contributed by atoms with E-state index < -0.39 is 0 Å². The van der Waals surface area contributed by atoms with Crippen molar-refractivity contribution in [2.75, 3.05) is 19.6 Å². The number of halogens is 1. The molecule has 122 valence electrons. The van der Waals surface area contributed by atoms with Crippen molar-refractivity contribution >= 4 is 18.3 Å². The van der Waals surface area contributed by atoms with Crippen molar-refractivity contribution in [3.8, 4) is 0 Å². The van der Waals surface area contributed by atoms with E-state index in [0.717, 1.165) is 48.5 Å². The number of amides is 1. The van der Waals surface area contributed by atoms with Crippen LogP contribution in [0.3, 0.4) is 0 Å². The van der Waals surface area contributed by atoms with Gasteiger partial charge in [0.05, 0.1) is 0 Å². The lowest BCUT2D eigenvalue weighted by molar-refractivity contribution is 0.0673. The molecule has 0 aromatic heterocycles. The van der Waals surface area contributed by atoms with Crippen LogP contribution in [-0.2, 0) is 0 Å². The molecule has 0 aliphatic carbocycles. The molecule has 0 saturated carbocycles. The summed E-state index contributed by atoms with van der Waals surface area (Å²) >= 11 is 0. The first-order valence-corrected chi connectivity index (χ1v) is 8.25. The Kier molecular flexibility index (Phi) is 5.87. The van der Waals surface area contributed by atoms with Crippen molar-refractivity contribution < 1.29 is 4.79 Å². The van der Waals surface area contributed by atoms with Crippen molar-refractivity contribution in [1.29, 1.82) is 0 Å². The number of benzene rings is 1. The number of carbonyl (C=O) groups excluding carboxylic acids is 1. The second kappa shape index (κ2) is 7.47. The average Bonchev–Trinajstić information content (AvgIpc) is 3.03. The van der Waals surface area contributed by atoms with Crippen LogP contribution in [0.25, 0.3) is 0 Å². The highest BCUT2D eigenvalue weighted by Crippen LogP contribution is 2.26. The normalized spacial score (nSPS) is 22.5. The van der Waals surface area contributed by atoms with Crippen LogP contribution >= 0.6 is 12.4 Å². The lowest BCUT2D eigenvalue weighted by atomic mass is 9.88. The Morgan fingerprint density at radius 3 is 2.55 bits per heavy atom. The molecule has 2 heterocycles. The molecular weight excluding hydrogens is 296 g/mol. The number of nitrogens with zero attached hydrogens (tertiary/aromatic N) is 1. The van der Waals surface area contributed by atoms with Crippen molar-refractivity contribution in [2.24, 2.45) is 5.92 Å². The zero-order valence-corrected chi connectivity index (χ0v) is 14.4. The van der Waals surface area contributed by atoms with E-state index in [1.807, 2.05) is 24.8 Å². The van der Waals surface area contributed by atoms with Gasteiger partial charge in [-0.3, -0.25) is 4.79 Å². The van der Waals surface area contributed by atoms with Gasteiger partial charge in [-0.15, -0.1) is 12.4 Å². The van der Waals surface area contributed by atoms with E-state index >= 15 is 0 Å². The van der Waals surface area contributed by atoms with Gasteiger partial charge >= 0.3 is 0 Å². The quantitative estimate of drug-likeness (QED) is 0.905. The third kappa shape index (κ3) is 3.64. The summed E-state index contributed by atoms with van der Waals surface area (Å²) in [6.07, 6.45) is 4.92. The van der Waals surface area contributed by atoms with E-state index in [-0.39, 0.29) is 18.3 Å². The van der Waals surface area contributed by atoms with Gasteiger partial charge < -0.3 is 10.2 Å². The van der Waals surface area contributed by atoms with Crippen LogP contribution in [0.1, 0.15) is 47.2 Å². The molecule has 1 atom stereocenters. The second-order valence-corrected chi connectivity index (χ2v) is 6.65. The van der Waals surface area contributed by atoms with E-state index in [4.69, 9.17) is 0 Å². The van der Waals surface area contributed by atoms with Gasteiger partial charge in [0, 0.05) is 24.7 Å². The molecule has 2 aliphatic rings. The molecule has 0 radical (unpaired) electrons. The first-order valence-electron chi connectivity index (χ1n) is 8.25. The maximum atomic E-state index is 12.7. The van der Waals surface area contributed by atoms with Crippen molar-refractivity contribution in [3.05, 3.63) is 34.9 Å². The van der Waals surface area contributed by atoms with Crippen LogP contribution in [0.15, 0.2) is 18.2 Å². The lowest BCUT2D eigenvalue weighted by Crippen LogP contribution is -2.43. The maximum absolute atomic E-state index is 12.7. The molecule has 1 aromatic rings. The van der Waals surface area contributed by atoms with Crippen molar-refractivity contribution in [2.45, 2.75) is 45.6 Å². The summed E-state index contributed by atoms with van der Waals surface area (Å²) < 4.78 is 0. The van der Waals surface area contributed by atoms with Crippen LogP contribution in [0.4, 0.5) is 0 Å². The lowest BCUT2D eigenvalue weighted by Gasteiger charge is -2.35. The minimum absolute atomic E-state index is 0. The molecular formula is C18H27ClN2O. The van der Waals surface area contributed by atoms with Gasteiger partial charge in [-0.1, -0.05) is 17.7 Å². The number of hydrogen-bond donors (Lipinski definition) is 1. The molecule has 2 saturated heterocycles. The highest BCUT2D eigenvalue weighted by atomic mass is 35.5. The molecule has 2 aliphatic heterocycles. The third-order valence-electron chi connectivity index (χ3n) is 5.12. The summed E-state index contributed by atoms with van der Waals surface area (Å²) in [5, 5.41) is 3.62. The molecule has 2 fully saturated rings. The SMILES string of the molecule is Cc1ccc(C)c(C(=O)N2CCC(C3CCCN3)CC2)c1.Cl. The Morgan fingerprint density at radius 2 is 1.91 bits per heavy atom. The second-order valence-electron chi connectivity index (χ2n) is 6.65. The highest BCUT2D eigenvalue weighted by molar-refractivity contribution is 5.95. The van der Waals surface area contributed by atoms with Gasteiger partial charge in [0.25, 0.3) is 5.91 Å². The molecule has 3 rings (SSSR count). The van der Waals surface area contributed by atoms with Crippen molar-refractivity contribution in [3.63, 3.8) is 0 Å². The Bertz CT molecular complexity index is 518. The maximum Gasteiger partial charge on any atom is 0.254 e. The van der Waals surface area contributed by atoms with Gasteiger partial charge in [0.2, 0.25) is 0 Å². The average molecular weight is 323 g/mol. The Morgan fingerprint density at radius 1 is 1.18 bits per heavy atom. The largest absolute Gasteiger partial charge is 0.339 e. The molecule has 3 nitrogen and oxygen atoms in total.